The topological polar surface area (TPSA) is 59.1 Å². The zero-order valence-electron chi connectivity index (χ0n) is 16.9. The molecule has 2 aliphatic rings. The molecule has 1 atom stereocenters. The molecule has 0 N–H and O–H groups in total. The fourth-order valence-corrected chi connectivity index (χ4v) is 4.33. The van der Waals surface area contributed by atoms with Gasteiger partial charge in [-0.3, -0.25) is 9.59 Å². The third-order valence-electron chi connectivity index (χ3n) is 5.79. The largest absolute Gasteiger partial charge is 0.497 e. The zero-order valence-corrected chi connectivity index (χ0v) is 16.9. The lowest BCUT2D eigenvalue weighted by molar-refractivity contribution is -0.117. The fraction of sp³-hybridized carbons (Fsp3) is 0.391. The molecule has 2 fully saturated rings. The van der Waals surface area contributed by atoms with Gasteiger partial charge in [0.15, 0.2) is 0 Å². The van der Waals surface area contributed by atoms with Crippen molar-refractivity contribution in [3.63, 3.8) is 0 Å². The van der Waals surface area contributed by atoms with E-state index in [0.29, 0.717) is 25.1 Å². The molecule has 4 rings (SSSR count). The standard InChI is InChI=1S/C23H26N2O4/c1-28-18-10-11-21(29-2)19(15-18)20-8-4-13-25(20)23(27)16-6-3-7-17(14-16)24-12-5-9-22(24)26/h3,6-7,10-11,14-15,20H,4-5,8-9,12-13H2,1-2H3/t20-/m1/s1. The average Bonchev–Trinajstić information content (AvgIpc) is 3.42. The molecule has 0 radical (unpaired) electrons. The van der Waals surface area contributed by atoms with Gasteiger partial charge in [-0.05, 0) is 55.7 Å². The molecule has 152 valence electrons. The molecule has 29 heavy (non-hydrogen) atoms. The maximum Gasteiger partial charge on any atom is 0.254 e. The van der Waals surface area contributed by atoms with Crippen molar-refractivity contribution in [3.8, 4) is 11.5 Å². The van der Waals surface area contributed by atoms with Crippen LogP contribution in [0.1, 0.15) is 47.6 Å². The number of carbonyl (C=O) groups is 2. The van der Waals surface area contributed by atoms with E-state index in [9.17, 15) is 9.59 Å². The highest BCUT2D eigenvalue weighted by Gasteiger charge is 2.33. The molecule has 0 aromatic heterocycles. The van der Waals surface area contributed by atoms with Crippen molar-refractivity contribution < 1.29 is 19.1 Å². The number of ether oxygens (including phenoxy) is 2. The molecule has 0 saturated carbocycles. The molecule has 0 bridgehead atoms. The van der Waals surface area contributed by atoms with Crippen LogP contribution in [0.2, 0.25) is 0 Å². The van der Waals surface area contributed by atoms with E-state index in [1.165, 1.54) is 0 Å². The second kappa shape index (κ2) is 8.15. The second-order valence-electron chi connectivity index (χ2n) is 7.46. The molecule has 2 amide bonds. The van der Waals surface area contributed by atoms with Gasteiger partial charge in [0.05, 0.1) is 20.3 Å². The van der Waals surface area contributed by atoms with Crippen molar-refractivity contribution in [2.75, 3.05) is 32.2 Å². The second-order valence-corrected chi connectivity index (χ2v) is 7.46. The fourth-order valence-electron chi connectivity index (χ4n) is 4.33. The summed E-state index contributed by atoms with van der Waals surface area (Å²) in [6.07, 6.45) is 3.24. The number of rotatable bonds is 5. The Morgan fingerprint density at radius 1 is 1.03 bits per heavy atom. The molecule has 0 aliphatic carbocycles. The Bertz CT molecular complexity index is 927. The third-order valence-corrected chi connectivity index (χ3v) is 5.79. The molecule has 2 aromatic rings. The van der Waals surface area contributed by atoms with Crippen molar-refractivity contribution in [1.29, 1.82) is 0 Å². The Balaban J connectivity index is 1.63. The van der Waals surface area contributed by atoms with E-state index in [1.54, 1.807) is 19.1 Å². The van der Waals surface area contributed by atoms with Crippen molar-refractivity contribution >= 4 is 17.5 Å². The summed E-state index contributed by atoms with van der Waals surface area (Å²) in [5, 5.41) is 0. The highest BCUT2D eigenvalue weighted by atomic mass is 16.5. The first-order chi connectivity index (χ1) is 14.1. The minimum absolute atomic E-state index is 0.0223. The van der Waals surface area contributed by atoms with E-state index in [-0.39, 0.29) is 17.9 Å². The van der Waals surface area contributed by atoms with Crippen LogP contribution in [0.4, 0.5) is 5.69 Å². The van der Waals surface area contributed by atoms with Gasteiger partial charge in [0.1, 0.15) is 11.5 Å². The van der Waals surface area contributed by atoms with Gasteiger partial charge in [-0.1, -0.05) is 6.07 Å². The molecule has 2 aromatic carbocycles. The molecule has 0 spiro atoms. The number of nitrogens with zero attached hydrogens (tertiary/aromatic N) is 2. The summed E-state index contributed by atoms with van der Waals surface area (Å²) in [5.41, 5.74) is 2.37. The van der Waals surface area contributed by atoms with Crippen LogP contribution in [0, 0.1) is 0 Å². The minimum atomic E-state index is -0.0652. The van der Waals surface area contributed by atoms with Crippen LogP contribution in [0.25, 0.3) is 0 Å². The first-order valence-electron chi connectivity index (χ1n) is 10.1. The van der Waals surface area contributed by atoms with Crippen LogP contribution in [-0.2, 0) is 4.79 Å². The van der Waals surface area contributed by atoms with Gasteiger partial charge >= 0.3 is 0 Å². The lowest BCUT2D eigenvalue weighted by Gasteiger charge is -2.27. The number of methoxy groups -OCH3 is 2. The SMILES string of the molecule is COc1ccc(OC)c([C@H]2CCCN2C(=O)c2cccc(N3CCCC3=O)c2)c1. The van der Waals surface area contributed by atoms with Crippen LogP contribution >= 0.6 is 0 Å². The van der Waals surface area contributed by atoms with E-state index >= 15 is 0 Å². The maximum atomic E-state index is 13.4. The molecule has 2 aliphatic heterocycles. The number of benzene rings is 2. The summed E-state index contributed by atoms with van der Waals surface area (Å²) in [7, 11) is 3.28. The van der Waals surface area contributed by atoms with Crippen molar-refractivity contribution in [1.82, 2.24) is 4.90 Å². The van der Waals surface area contributed by atoms with Gasteiger partial charge in [0.25, 0.3) is 5.91 Å². The summed E-state index contributed by atoms with van der Waals surface area (Å²) in [6.45, 7) is 1.40. The summed E-state index contributed by atoms with van der Waals surface area (Å²) in [5.74, 6) is 1.60. The normalized spacial score (nSPS) is 19.0. The Kier molecular flexibility index (Phi) is 5.43. The van der Waals surface area contributed by atoms with Crippen LogP contribution in [0.15, 0.2) is 42.5 Å². The Labute approximate surface area is 171 Å². The van der Waals surface area contributed by atoms with Crippen molar-refractivity contribution in [2.45, 2.75) is 31.7 Å². The quantitative estimate of drug-likeness (QED) is 0.774. The van der Waals surface area contributed by atoms with Crippen molar-refractivity contribution in [2.24, 2.45) is 0 Å². The minimum Gasteiger partial charge on any atom is -0.497 e. The van der Waals surface area contributed by atoms with Crippen LogP contribution < -0.4 is 14.4 Å². The molecule has 2 saturated heterocycles. The monoisotopic (exact) mass is 394 g/mol. The first-order valence-corrected chi connectivity index (χ1v) is 10.1. The molecular formula is C23H26N2O4. The van der Waals surface area contributed by atoms with Gasteiger partial charge in [-0.15, -0.1) is 0 Å². The number of carbonyl (C=O) groups excluding carboxylic acids is 2. The van der Waals surface area contributed by atoms with Gasteiger partial charge in [-0.25, -0.2) is 0 Å². The van der Waals surface area contributed by atoms with Gasteiger partial charge in [-0.2, -0.15) is 0 Å². The zero-order chi connectivity index (χ0) is 20.4. The van der Waals surface area contributed by atoms with Crippen LogP contribution in [0.5, 0.6) is 11.5 Å². The van der Waals surface area contributed by atoms with E-state index < -0.39 is 0 Å². The third kappa shape index (κ3) is 3.67. The lowest BCUT2D eigenvalue weighted by Crippen LogP contribution is -2.31. The lowest BCUT2D eigenvalue weighted by atomic mass is 10.0. The van der Waals surface area contributed by atoms with E-state index in [0.717, 1.165) is 42.0 Å². The number of anilines is 1. The van der Waals surface area contributed by atoms with Gasteiger partial charge in [0.2, 0.25) is 5.91 Å². The van der Waals surface area contributed by atoms with E-state index in [2.05, 4.69) is 0 Å². The van der Waals surface area contributed by atoms with Crippen LogP contribution in [-0.4, -0.2) is 44.0 Å². The summed E-state index contributed by atoms with van der Waals surface area (Å²) < 4.78 is 10.9. The molecular weight excluding hydrogens is 368 g/mol. The molecule has 6 nitrogen and oxygen atoms in total. The predicted molar refractivity (Wildman–Crippen MR) is 111 cm³/mol. The number of likely N-dealkylation sites (tertiary alicyclic amines) is 1. The predicted octanol–water partition coefficient (Wildman–Crippen LogP) is 3.81. The first kappa shape index (κ1) is 19.3. The van der Waals surface area contributed by atoms with Gasteiger partial charge < -0.3 is 19.3 Å². The number of hydrogen-bond donors (Lipinski definition) is 0. The van der Waals surface area contributed by atoms with Crippen molar-refractivity contribution in [3.05, 3.63) is 53.6 Å². The average molecular weight is 394 g/mol. The summed E-state index contributed by atoms with van der Waals surface area (Å²) in [6, 6.07) is 13.0. The Morgan fingerprint density at radius 3 is 2.62 bits per heavy atom. The highest BCUT2D eigenvalue weighted by molar-refractivity contribution is 5.99. The smallest absolute Gasteiger partial charge is 0.254 e. The van der Waals surface area contributed by atoms with E-state index in [1.807, 2.05) is 47.4 Å². The molecule has 2 heterocycles. The number of amides is 2. The van der Waals surface area contributed by atoms with Crippen LogP contribution in [0.3, 0.4) is 0 Å². The summed E-state index contributed by atoms with van der Waals surface area (Å²) >= 11 is 0. The number of hydrogen-bond acceptors (Lipinski definition) is 4. The summed E-state index contributed by atoms with van der Waals surface area (Å²) in [4.78, 5) is 29.1. The van der Waals surface area contributed by atoms with Gasteiger partial charge in [0, 0.05) is 36.3 Å². The highest BCUT2D eigenvalue weighted by Crippen LogP contribution is 2.39. The maximum absolute atomic E-state index is 13.4. The Morgan fingerprint density at radius 2 is 1.90 bits per heavy atom. The molecule has 0 unspecified atom stereocenters. The molecule has 6 heteroatoms. The van der Waals surface area contributed by atoms with E-state index in [4.69, 9.17) is 9.47 Å². The Hall–Kier alpha value is -3.02.